The number of aromatic nitrogens is 1. The zero-order chi connectivity index (χ0) is 27.2. The normalized spacial score (nSPS) is 12.9. The predicted octanol–water partition coefficient (Wildman–Crippen LogP) is 10.3. The van der Waals surface area contributed by atoms with E-state index in [4.69, 9.17) is 0 Å². The molecule has 6 aromatic rings. The summed E-state index contributed by atoms with van der Waals surface area (Å²) in [5, 5.41) is 12.6. The lowest BCUT2D eigenvalue weighted by Gasteiger charge is -2.19. The number of halogens is 1. The molecular formula is C37H30BrNO. The van der Waals surface area contributed by atoms with Crippen molar-refractivity contribution in [1.82, 2.24) is 4.57 Å². The Morgan fingerprint density at radius 3 is 1.85 bits per heavy atom. The Labute approximate surface area is 243 Å². The van der Waals surface area contributed by atoms with Crippen LogP contribution in [0.2, 0.25) is 0 Å². The van der Waals surface area contributed by atoms with Crippen LogP contribution >= 0.6 is 15.9 Å². The second-order valence-electron chi connectivity index (χ2n) is 10.8. The predicted molar refractivity (Wildman–Crippen MR) is 170 cm³/mol. The van der Waals surface area contributed by atoms with Crippen LogP contribution in [0.4, 0.5) is 0 Å². The van der Waals surface area contributed by atoms with Crippen LogP contribution < -0.4 is 0 Å². The summed E-state index contributed by atoms with van der Waals surface area (Å²) in [6.07, 6.45) is 4.60. The smallest absolute Gasteiger partial charge is 0.116 e. The maximum Gasteiger partial charge on any atom is 0.116 e. The summed E-state index contributed by atoms with van der Waals surface area (Å²) in [7, 11) is 0. The van der Waals surface area contributed by atoms with Gasteiger partial charge in [-0.25, -0.2) is 0 Å². The average Bonchev–Trinajstić information content (AvgIpc) is 3.30. The van der Waals surface area contributed by atoms with Gasteiger partial charge in [-0.15, -0.1) is 0 Å². The summed E-state index contributed by atoms with van der Waals surface area (Å²) in [5.41, 5.74) is 12.7. The summed E-state index contributed by atoms with van der Waals surface area (Å²) in [6, 6.07) is 38.4. The summed E-state index contributed by atoms with van der Waals surface area (Å²) in [5.74, 6) is 0.278. The van der Waals surface area contributed by atoms with E-state index in [1.807, 2.05) is 12.1 Å². The van der Waals surface area contributed by atoms with Crippen molar-refractivity contribution in [1.29, 1.82) is 0 Å². The first-order valence-electron chi connectivity index (χ1n) is 14.0. The molecule has 0 radical (unpaired) electrons. The summed E-state index contributed by atoms with van der Waals surface area (Å²) < 4.78 is 3.49. The third-order valence-electron chi connectivity index (χ3n) is 8.33. The lowest BCUT2D eigenvalue weighted by molar-refractivity contribution is 0.476. The van der Waals surface area contributed by atoms with Crippen molar-refractivity contribution in [2.24, 2.45) is 0 Å². The highest BCUT2D eigenvalue weighted by Crippen LogP contribution is 2.43. The van der Waals surface area contributed by atoms with Crippen molar-refractivity contribution in [3.8, 4) is 44.9 Å². The van der Waals surface area contributed by atoms with Gasteiger partial charge in [-0.05, 0) is 120 Å². The first kappa shape index (κ1) is 24.9. The Hall–Kier alpha value is -4.08. The van der Waals surface area contributed by atoms with Crippen LogP contribution in [-0.2, 0) is 12.8 Å². The van der Waals surface area contributed by atoms with E-state index in [0.29, 0.717) is 0 Å². The molecule has 0 atom stereocenters. The average molecular weight is 585 g/mol. The van der Waals surface area contributed by atoms with Crippen molar-refractivity contribution in [3.05, 3.63) is 130 Å². The van der Waals surface area contributed by atoms with Gasteiger partial charge in [0.25, 0.3) is 0 Å². The monoisotopic (exact) mass is 583 g/mol. The molecule has 0 amide bonds. The molecule has 40 heavy (non-hydrogen) atoms. The minimum absolute atomic E-state index is 0.278. The fraction of sp³-hybridized carbons (Fsp3) is 0.135. The topological polar surface area (TPSA) is 25.2 Å². The molecular weight excluding hydrogens is 554 g/mol. The van der Waals surface area contributed by atoms with Gasteiger partial charge in [-0.3, -0.25) is 0 Å². The van der Waals surface area contributed by atoms with Crippen LogP contribution in [-0.4, -0.2) is 9.67 Å². The van der Waals surface area contributed by atoms with E-state index in [1.165, 1.54) is 63.2 Å². The number of fused-ring (bicyclic) bond motifs is 2. The molecule has 1 N–H and O–H groups in total. The van der Waals surface area contributed by atoms with E-state index in [2.05, 4.69) is 118 Å². The van der Waals surface area contributed by atoms with Crippen LogP contribution in [0.3, 0.4) is 0 Å². The van der Waals surface area contributed by atoms with Gasteiger partial charge in [0.1, 0.15) is 5.75 Å². The van der Waals surface area contributed by atoms with Crippen LogP contribution in [0.5, 0.6) is 5.75 Å². The van der Waals surface area contributed by atoms with E-state index in [-0.39, 0.29) is 5.75 Å². The van der Waals surface area contributed by atoms with Crippen LogP contribution in [0, 0.1) is 6.92 Å². The zero-order valence-electron chi connectivity index (χ0n) is 22.5. The van der Waals surface area contributed by atoms with Crippen LogP contribution in [0.25, 0.3) is 50.0 Å². The molecule has 1 aromatic heterocycles. The second kappa shape index (κ2) is 10.1. The lowest BCUT2D eigenvalue weighted by Crippen LogP contribution is -2.02. The minimum Gasteiger partial charge on any atom is -0.508 e. The quantitative estimate of drug-likeness (QED) is 0.219. The first-order chi connectivity index (χ1) is 19.6. The standard InChI is InChI=1S/C37H30BrNO/c1-24-31-14-8-9-15-33(31)37(39(24)36-19-18-35(38)32-17-16-30(40)23-34(32)36)29-21-27(25-10-4-2-5-11-25)20-28(22-29)26-12-6-3-7-13-26/h2-7,10-13,16-23,40H,8-9,14-15H2,1H3. The largest absolute Gasteiger partial charge is 0.508 e. The fourth-order valence-electron chi connectivity index (χ4n) is 6.45. The number of phenols is 1. The molecule has 0 bridgehead atoms. The van der Waals surface area contributed by atoms with Crippen molar-refractivity contribution in [2.75, 3.05) is 0 Å². The number of benzene rings is 5. The SMILES string of the molecule is Cc1c2c(c(-c3cc(-c4ccccc4)cc(-c4ccccc4)c3)n1-c1ccc(Br)c3ccc(O)cc13)CCCC2. The van der Waals surface area contributed by atoms with E-state index in [1.54, 1.807) is 6.07 Å². The molecule has 0 aliphatic heterocycles. The molecule has 0 saturated heterocycles. The maximum atomic E-state index is 10.5. The van der Waals surface area contributed by atoms with Crippen LogP contribution in [0.1, 0.15) is 29.7 Å². The fourth-order valence-corrected chi connectivity index (χ4v) is 6.92. The van der Waals surface area contributed by atoms with Gasteiger partial charge in [-0.2, -0.15) is 0 Å². The molecule has 1 aliphatic carbocycles. The van der Waals surface area contributed by atoms with Crippen molar-refractivity contribution >= 4 is 26.7 Å². The van der Waals surface area contributed by atoms with Gasteiger partial charge >= 0.3 is 0 Å². The lowest BCUT2D eigenvalue weighted by atomic mass is 9.89. The number of nitrogens with zero attached hydrogens (tertiary/aromatic N) is 1. The Kier molecular flexibility index (Phi) is 6.32. The van der Waals surface area contributed by atoms with E-state index < -0.39 is 0 Å². The van der Waals surface area contributed by atoms with E-state index in [9.17, 15) is 5.11 Å². The number of hydrogen-bond donors (Lipinski definition) is 1. The van der Waals surface area contributed by atoms with Gasteiger partial charge in [0.05, 0.1) is 11.4 Å². The number of hydrogen-bond acceptors (Lipinski definition) is 1. The van der Waals surface area contributed by atoms with Gasteiger partial charge in [-0.1, -0.05) is 76.6 Å². The van der Waals surface area contributed by atoms with Gasteiger partial charge in [0, 0.05) is 21.1 Å². The first-order valence-corrected chi connectivity index (χ1v) is 14.8. The van der Waals surface area contributed by atoms with Gasteiger partial charge in [0.2, 0.25) is 0 Å². The third kappa shape index (κ3) is 4.26. The van der Waals surface area contributed by atoms with Crippen LogP contribution in [0.15, 0.2) is 114 Å². The Bertz CT molecular complexity index is 1810. The molecule has 0 spiro atoms. The van der Waals surface area contributed by atoms with Gasteiger partial charge < -0.3 is 9.67 Å². The highest BCUT2D eigenvalue weighted by molar-refractivity contribution is 9.10. The summed E-state index contributed by atoms with van der Waals surface area (Å²) >= 11 is 3.75. The Morgan fingerprint density at radius 2 is 1.20 bits per heavy atom. The summed E-state index contributed by atoms with van der Waals surface area (Å²) in [6.45, 7) is 2.27. The molecule has 7 rings (SSSR count). The molecule has 2 nitrogen and oxygen atoms in total. The molecule has 196 valence electrons. The van der Waals surface area contributed by atoms with E-state index >= 15 is 0 Å². The summed E-state index contributed by atoms with van der Waals surface area (Å²) in [4.78, 5) is 0. The van der Waals surface area contributed by atoms with Gasteiger partial charge in [0.15, 0.2) is 0 Å². The molecule has 0 fully saturated rings. The molecule has 3 heteroatoms. The highest BCUT2D eigenvalue weighted by atomic mass is 79.9. The molecule has 0 saturated carbocycles. The molecule has 0 unspecified atom stereocenters. The van der Waals surface area contributed by atoms with E-state index in [0.717, 1.165) is 33.8 Å². The maximum absolute atomic E-state index is 10.5. The highest BCUT2D eigenvalue weighted by Gasteiger charge is 2.26. The molecule has 1 aliphatic rings. The Balaban J connectivity index is 1.56. The minimum atomic E-state index is 0.278. The number of aromatic hydroxyl groups is 1. The zero-order valence-corrected chi connectivity index (χ0v) is 24.1. The van der Waals surface area contributed by atoms with Crippen molar-refractivity contribution in [2.45, 2.75) is 32.6 Å². The molecule has 5 aromatic carbocycles. The number of rotatable bonds is 4. The van der Waals surface area contributed by atoms with Crippen molar-refractivity contribution in [3.63, 3.8) is 0 Å². The Morgan fingerprint density at radius 1 is 0.600 bits per heavy atom. The third-order valence-corrected chi connectivity index (χ3v) is 9.03. The molecule has 1 heterocycles. The second-order valence-corrected chi connectivity index (χ2v) is 11.6. The van der Waals surface area contributed by atoms with Crippen molar-refractivity contribution < 1.29 is 5.11 Å². The number of phenolic OH excluding ortho intramolecular Hbond substituents is 1.